The van der Waals surface area contributed by atoms with Crippen LogP contribution in [0.25, 0.3) is 0 Å². The van der Waals surface area contributed by atoms with Crippen LogP contribution in [-0.2, 0) is 9.53 Å². The molecule has 6 heteroatoms. The first-order valence-electron chi connectivity index (χ1n) is 9.40. The normalized spacial score (nSPS) is 29.7. The van der Waals surface area contributed by atoms with Gasteiger partial charge >= 0.3 is 29.6 Å². The van der Waals surface area contributed by atoms with Gasteiger partial charge in [-0.05, 0) is 18.9 Å². The number of unbranched alkanes of at least 4 members (excludes halogenated alkanes) is 4. The van der Waals surface area contributed by atoms with Crippen molar-refractivity contribution in [3.8, 4) is 0 Å². The van der Waals surface area contributed by atoms with E-state index in [4.69, 9.17) is 4.74 Å². The van der Waals surface area contributed by atoms with Gasteiger partial charge in [0.05, 0.1) is 18.0 Å². The molecule has 0 unspecified atom stereocenters. The molecule has 5 nitrogen and oxygen atoms in total. The molecule has 0 spiro atoms. The number of fused-ring (bicyclic) bond motifs is 1. The topological polar surface area (TPSA) is 96.8 Å². The zero-order valence-corrected chi connectivity index (χ0v) is 18.1. The van der Waals surface area contributed by atoms with Gasteiger partial charge in [0.15, 0.2) is 0 Å². The van der Waals surface area contributed by atoms with Crippen molar-refractivity contribution in [2.45, 2.75) is 83.0 Å². The van der Waals surface area contributed by atoms with Crippen molar-refractivity contribution >= 4 is 6.29 Å². The quantitative estimate of drug-likeness (QED) is 0.247. The molecule has 1 saturated carbocycles. The van der Waals surface area contributed by atoms with Gasteiger partial charge in [-0.1, -0.05) is 44.8 Å². The summed E-state index contributed by atoms with van der Waals surface area (Å²) in [5.74, 6) is 1.35. The summed E-state index contributed by atoms with van der Waals surface area (Å²) in [6, 6.07) is 0. The minimum Gasteiger partial charge on any atom is -0.870 e. The average molecular weight is 375 g/mol. The van der Waals surface area contributed by atoms with Gasteiger partial charge in [0.25, 0.3) is 0 Å². The molecule has 26 heavy (non-hydrogen) atoms. The zero-order chi connectivity index (χ0) is 17.4. The Morgan fingerprint density at radius 1 is 1.35 bits per heavy atom. The minimum absolute atomic E-state index is 0. The molecule has 2 rings (SSSR count). The van der Waals surface area contributed by atoms with Crippen LogP contribution in [-0.4, -0.2) is 40.3 Å². The number of carbonyl (C=O) groups excluding carboxylic acids is 1. The standard InChI is InChI=1S/C20H31O4.Na.H2O/c1-2-3-5-8-15(22)10-11-17-18-13-16(9-6-4-7-12-21)24-20(18)14-19(17)23;;/h9-11,15,17-20,22-23H,2-8,13-14H2,1H3;;1H2/q-1;+1;/p-1/b11-10+,16-9-;;/t15-,17+,18+,19+,20-;;/m0../s1. The van der Waals surface area contributed by atoms with Crippen LogP contribution in [0.15, 0.2) is 24.0 Å². The molecule has 0 aromatic heterocycles. The van der Waals surface area contributed by atoms with Gasteiger partial charge in [0.1, 0.15) is 6.10 Å². The maximum absolute atomic E-state index is 10.3. The van der Waals surface area contributed by atoms with Crippen LogP contribution in [0.5, 0.6) is 0 Å². The third-order valence-corrected chi connectivity index (χ3v) is 5.14. The molecule has 2 aliphatic rings. The molecule has 144 valence electrons. The number of ether oxygens (including phenoxy) is 1. The zero-order valence-electron chi connectivity index (χ0n) is 16.1. The van der Waals surface area contributed by atoms with E-state index in [9.17, 15) is 15.0 Å². The Morgan fingerprint density at radius 2 is 2.12 bits per heavy atom. The summed E-state index contributed by atoms with van der Waals surface area (Å²) in [5, 5.41) is 20.3. The number of rotatable bonds is 10. The molecule has 0 aromatic rings. The van der Waals surface area contributed by atoms with E-state index in [0.29, 0.717) is 18.8 Å². The second kappa shape index (κ2) is 13.9. The van der Waals surface area contributed by atoms with E-state index < -0.39 is 6.10 Å². The number of aliphatic hydroxyl groups excluding tert-OH is 2. The van der Waals surface area contributed by atoms with E-state index in [1.165, 1.54) is 0 Å². The molecule has 0 bridgehead atoms. The Bertz CT molecular complexity index is 451. The average Bonchev–Trinajstić information content (AvgIpc) is 3.06. The molecule has 1 heterocycles. The monoisotopic (exact) mass is 375 g/mol. The maximum Gasteiger partial charge on any atom is 1.00 e. The molecule has 1 aliphatic heterocycles. The molecule has 0 amide bonds. The second-order valence-electron chi connectivity index (χ2n) is 7.06. The predicted molar refractivity (Wildman–Crippen MR) is 95.9 cm³/mol. The summed E-state index contributed by atoms with van der Waals surface area (Å²) in [6.45, 7) is 2.15. The molecule has 0 aromatic carbocycles. The molecule has 1 aliphatic carbocycles. The smallest absolute Gasteiger partial charge is 0.870 e. The van der Waals surface area contributed by atoms with Crippen molar-refractivity contribution in [3.63, 3.8) is 0 Å². The van der Waals surface area contributed by atoms with Gasteiger partial charge in [-0.15, -0.1) is 0 Å². The van der Waals surface area contributed by atoms with E-state index >= 15 is 0 Å². The fraction of sp³-hybridized carbons (Fsp3) is 0.750. The molecule has 3 N–H and O–H groups in total. The minimum atomic E-state index is -0.417. The Morgan fingerprint density at radius 3 is 2.81 bits per heavy atom. The Hall–Kier alpha value is -0.170. The van der Waals surface area contributed by atoms with E-state index in [1.54, 1.807) is 0 Å². The largest absolute Gasteiger partial charge is 1.00 e. The van der Waals surface area contributed by atoms with E-state index in [2.05, 4.69) is 13.0 Å². The SMILES string of the molecule is CCCCC[C@H](O)/C=C/[C@@H]1[C@H]2C/C(=C/CCC[C-]=O)O[C@H]2C[C@H]1O.[Na+].[OH-]. The summed E-state index contributed by atoms with van der Waals surface area (Å²) >= 11 is 0. The van der Waals surface area contributed by atoms with Crippen LogP contribution in [0.4, 0.5) is 0 Å². The van der Waals surface area contributed by atoms with Crippen molar-refractivity contribution in [2.75, 3.05) is 0 Å². The Kier molecular flexibility index (Phi) is 13.8. The molecule has 5 atom stereocenters. The molecular weight excluding hydrogens is 343 g/mol. The first-order valence-corrected chi connectivity index (χ1v) is 9.40. The van der Waals surface area contributed by atoms with Crippen LogP contribution in [0.2, 0.25) is 0 Å². The molecule has 2 fully saturated rings. The van der Waals surface area contributed by atoms with Crippen molar-refractivity contribution in [1.29, 1.82) is 0 Å². The number of hydrogen-bond donors (Lipinski definition) is 2. The van der Waals surface area contributed by atoms with Crippen molar-refractivity contribution in [3.05, 3.63) is 24.0 Å². The van der Waals surface area contributed by atoms with Crippen LogP contribution in [0.3, 0.4) is 0 Å². The van der Waals surface area contributed by atoms with Gasteiger partial charge in [0.2, 0.25) is 0 Å². The second-order valence-corrected chi connectivity index (χ2v) is 7.06. The number of allylic oxidation sites excluding steroid dienone is 2. The fourth-order valence-corrected chi connectivity index (χ4v) is 3.78. The van der Waals surface area contributed by atoms with Crippen LogP contribution in [0.1, 0.15) is 64.7 Å². The van der Waals surface area contributed by atoms with Gasteiger partial charge in [-0.25, -0.2) is 0 Å². The molecular formula is C20H32NaO5-. The fourth-order valence-electron chi connectivity index (χ4n) is 3.78. The van der Waals surface area contributed by atoms with Crippen LogP contribution in [0, 0.1) is 11.8 Å². The van der Waals surface area contributed by atoms with Crippen LogP contribution >= 0.6 is 0 Å². The molecule has 0 radical (unpaired) electrons. The van der Waals surface area contributed by atoms with Crippen molar-refractivity contribution < 1.29 is 54.8 Å². The summed E-state index contributed by atoms with van der Waals surface area (Å²) in [6.07, 6.45) is 14.8. The van der Waals surface area contributed by atoms with Gasteiger partial charge in [0, 0.05) is 24.7 Å². The Balaban J connectivity index is 0.00000312. The first-order chi connectivity index (χ1) is 11.7. The third-order valence-electron chi connectivity index (χ3n) is 5.14. The predicted octanol–water partition coefficient (Wildman–Crippen LogP) is 0.261. The van der Waals surface area contributed by atoms with Gasteiger partial charge in [-0.2, -0.15) is 6.42 Å². The summed E-state index contributed by atoms with van der Waals surface area (Å²) in [5.41, 5.74) is 0. The maximum atomic E-state index is 10.3. The van der Waals surface area contributed by atoms with Gasteiger partial charge in [-0.3, -0.25) is 6.29 Å². The van der Waals surface area contributed by atoms with E-state index in [0.717, 1.165) is 50.7 Å². The summed E-state index contributed by atoms with van der Waals surface area (Å²) in [7, 11) is 0. The van der Waals surface area contributed by atoms with Crippen molar-refractivity contribution in [1.82, 2.24) is 0 Å². The summed E-state index contributed by atoms with van der Waals surface area (Å²) < 4.78 is 5.96. The summed E-state index contributed by atoms with van der Waals surface area (Å²) in [4.78, 5) is 10.2. The van der Waals surface area contributed by atoms with Gasteiger partial charge < -0.3 is 25.2 Å². The number of aliphatic hydroxyl groups is 2. The van der Waals surface area contributed by atoms with E-state index in [-0.39, 0.29) is 53.2 Å². The van der Waals surface area contributed by atoms with Crippen LogP contribution < -0.4 is 29.6 Å². The number of hydrogen-bond acceptors (Lipinski definition) is 5. The third kappa shape index (κ3) is 7.83. The molecule has 1 saturated heterocycles. The first kappa shape index (κ1) is 25.8. The van der Waals surface area contributed by atoms with Crippen molar-refractivity contribution in [2.24, 2.45) is 11.8 Å². The Labute approximate surface area is 179 Å². The van der Waals surface area contributed by atoms with E-state index in [1.807, 2.05) is 18.4 Å².